The van der Waals surface area contributed by atoms with Crippen LogP contribution in [0.25, 0.3) is 0 Å². The van der Waals surface area contributed by atoms with Gasteiger partial charge in [-0.2, -0.15) is 0 Å². The van der Waals surface area contributed by atoms with Crippen molar-refractivity contribution in [3.8, 4) is 0 Å². The lowest BCUT2D eigenvalue weighted by molar-refractivity contribution is -0.129. The lowest BCUT2D eigenvalue weighted by Gasteiger charge is -2.19. The van der Waals surface area contributed by atoms with E-state index >= 15 is 0 Å². The Hall–Kier alpha value is -2.24. The lowest BCUT2D eigenvalue weighted by atomic mass is 10.1. The molecule has 0 radical (unpaired) electrons. The van der Waals surface area contributed by atoms with E-state index in [1.807, 2.05) is 0 Å². The van der Waals surface area contributed by atoms with Crippen LogP contribution in [0.2, 0.25) is 0 Å². The number of rotatable bonds is 4. The highest BCUT2D eigenvalue weighted by atomic mass is 16.4. The molecule has 1 atom stereocenters. The highest BCUT2D eigenvalue weighted by Gasteiger charge is 2.15. The summed E-state index contributed by atoms with van der Waals surface area (Å²) in [6.45, 7) is 1.71. The standard InChI is InChI=1S/C12H17N3O3/c1-7(11(16)15(2)3)14-8-4-5-10(13)9(6-8)12(17)18/h4-7,14H,13H2,1-3H3,(H,17,18). The van der Waals surface area contributed by atoms with Gasteiger partial charge in [0.15, 0.2) is 0 Å². The van der Waals surface area contributed by atoms with Gasteiger partial charge in [-0.3, -0.25) is 4.79 Å². The van der Waals surface area contributed by atoms with E-state index in [9.17, 15) is 9.59 Å². The number of nitrogens with one attached hydrogen (secondary N) is 1. The van der Waals surface area contributed by atoms with Crippen molar-refractivity contribution in [2.45, 2.75) is 13.0 Å². The van der Waals surface area contributed by atoms with Crippen molar-refractivity contribution in [3.05, 3.63) is 23.8 Å². The molecule has 98 valence electrons. The van der Waals surface area contributed by atoms with Gasteiger partial charge in [0.25, 0.3) is 0 Å². The Morgan fingerprint density at radius 2 is 2.00 bits per heavy atom. The molecule has 4 N–H and O–H groups in total. The van der Waals surface area contributed by atoms with Crippen LogP contribution < -0.4 is 11.1 Å². The molecule has 1 amide bonds. The smallest absolute Gasteiger partial charge is 0.337 e. The number of carbonyl (C=O) groups excluding carboxylic acids is 1. The Morgan fingerprint density at radius 1 is 1.39 bits per heavy atom. The molecule has 1 unspecified atom stereocenters. The van der Waals surface area contributed by atoms with Crippen molar-refractivity contribution in [2.24, 2.45) is 0 Å². The van der Waals surface area contributed by atoms with Crippen LogP contribution >= 0.6 is 0 Å². The second-order valence-corrected chi connectivity index (χ2v) is 4.21. The average Bonchev–Trinajstić information content (AvgIpc) is 2.29. The molecule has 0 heterocycles. The maximum absolute atomic E-state index is 11.7. The van der Waals surface area contributed by atoms with Crippen molar-refractivity contribution in [2.75, 3.05) is 25.1 Å². The second-order valence-electron chi connectivity index (χ2n) is 4.21. The number of nitrogen functional groups attached to an aromatic ring is 1. The monoisotopic (exact) mass is 251 g/mol. The molecule has 0 fully saturated rings. The van der Waals surface area contributed by atoms with Gasteiger partial charge in [-0.15, -0.1) is 0 Å². The first-order valence-corrected chi connectivity index (χ1v) is 5.43. The van der Waals surface area contributed by atoms with Gasteiger partial charge in [0.1, 0.15) is 6.04 Å². The predicted octanol–water partition coefficient (Wildman–Crippen LogP) is 0.856. The number of carboxylic acid groups (broad SMARTS) is 1. The van der Waals surface area contributed by atoms with E-state index in [2.05, 4.69) is 5.32 Å². The molecular formula is C12H17N3O3. The fourth-order valence-corrected chi connectivity index (χ4v) is 1.53. The van der Waals surface area contributed by atoms with Gasteiger partial charge >= 0.3 is 5.97 Å². The molecule has 0 aliphatic rings. The van der Waals surface area contributed by atoms with E-state index in [1.165, 1.54) is 17.0 Å². The fourth-order valence-electron chi connectivity index (χ4n) is 1.53. The van der Waals surface area contributed by atoms with E-state index in [0.29, 0.717) is 5.69 Å². The number of hydrogen-bond donors (Lipinski definition) is 3. The largest absolute Gasteiger partial charge is 0.478 e. The van der Waals surface area contributed by atoms with Crippen molar-refractivity contribution in [1.82, 2.24) is 4.90 Å². The normalized spacial score (nSPS) is 11.7. The van der Waals surface area contributed by atoms with Gasteiger partial charge in [0.05, 0.1) is 5.56 Å². The summed E-state index contributed by atoms with van der Waals surface area (Å²) in [6.07, 6.45) is 0. The van der Waals surface area contributed by atoms with E-state index in [-0.39, 0.29) is 17.2 Å². The maximum Gasteiger partial charge on any atom is 0.337 e. The Labute approximate surface area is 105 Å². The molecule has 6 nitrogen and oxygen atoms in total. The molecular weight excluding hydrogens is 234 g/mol. The van der Waals surface area contributed by atoms with E-state index in [1.54, 1.807) is 27.1 Å². The van der Waals surface area contributed by atoms with Crippen LogP contribution in [-0.4, -0.2) is 42.0 Å². The van der Waals surface area contributed by atoms with Crippen molar-refractivity contribution in [3.63, 3.8) is 0 Å². The molecule has 1 rings (SSSR count). The van der Waals surface area contributed by atoms with Crippen LogP contribution in [-0.2, 0) is 4.79 Å². The summed E-state index contributed by atoms with van der Waals surface area (Å²) in [5.41, 5.74) is 6.30. The third-order valence-corrected chi connectivity index (χ3v) is 2.48. The Kier molecular flexibility index (Phi) is 4.14. The van der Waals surface area contributed by atoms with Gasteiger partial charge in [0, 0.05) is 25.5 Å². The highest BCUT2D eigenvalue weighted by molar-refractivity contribution is 5.95. The first kappa shape index (κ1) is 13.8. The molecule has 0 bridgehead atoms. The van der Waals surface area contributed by atoms with Gasteiger partial charge in [0.2, 0.25) is 5.91 Å². The molecule has 0 aliphatic heterocycles. The first-order chi connectivity index (χ1) is 8.32. The van der Waals surface area contributed by atoms with Crippen LogP contribution in [0.5, 0.6) is 0 Å². The van der Waals surface area contributed by atoms with Crippen LogP contribution in [0.4, 0.5) is 11.4 Å². The molecule has 1 aromatic rings. The molecule has 0 aliphatic carbocycles. The van der Waals surface area contributed by atoms with E-state index in [4.69, 9.17) is 10.8 Å². The highest BCUT2D eigenvalue weighted by Crippen LogP contribution is 2.18. The molecule has 0 spiro atoms. The van der Waals surface area contributed by atoms with Gasteiger partial charge < -0.3 is 21.1 Å². The average molecular weight is 251 g/mol. The summed E-state index contributed by atoms with van der Waals surface area (Å²) in [5, 5.41) is 11.9. The van der Waals surface area contributed by atoms with E-state index in [0.717, 1.165) is 0 Å². The number of carbonyl (C=O) groups is 2. The van der Waals surface area contributed by atoms with Crippen LogP contribution in [0.3, 0.4) is 0 Å². The lowest BCUT2D eigenvalue weighted by Crippen LogP contribution is -2.36. The first-order valence-electron chi connectivity index (χ1n) is 5.43. The number of aromatic carboxylic acids is 1. The summed E-state index contributed by atoms with van der Waals surface area (Å²) in [5.74, 6) is -1.19. The summed E-state index contributed by atoms with van der Waals surface area (Å²) in [7, 11) is 3.32. The zero-order valence-corrected chi connectivity index (χ0v) is 10.6. The zero-order valence-electron chi connectivity index (χ0n) is 10.6. The van der Waals surface area contributed by atoms with Gasteiger partial charge in [-0.1, -0.05) is 0 Å². The third-order valence-electron chi connectivity index (χ3n) is 2.48. The number of amides is 1. The number of nitrogens with two attached hydrogens (primary N) is 1. The minimum absolute atomic E-state index is 0.0181. The number of hydrogen-bond acceptors (Lipinski definition) is 4. The predicted molar refractivity (Wildman–Crippen MR) is 69.6 cm³/mol. The number of carboxylic acids is 1. The Bertz CT molecular complexity index is 472. The van der Waals surface area contributed by atoms with Gasteiger partial charge in [-0.05, 0) is 25.1 Å². The summed E-state index contributed by atoms with van der Waals surface area (Å²) in [6, 6.07) is 4.11. The van der Waals surface area contributed by atoms with E-state index < -0.39 is 12.0 Å². The van der Waals surface area contributed by atoms with Crippen molar-refractivity contribution < 1.29 is 14.7 Å². The minimum Gasteiger partial charge on any atom is -0.478 e. The Morgan fingerprint density at radius 3 is 2.50 bits per heavy atom. The molecule has 0 saturated carbocycles. The second kappa shape index (κ2) is 5.39. The van der Waals surface area contributed by atoms with Crippen molar-refractivity contribution in [1.29, 1.82) is 0 Å². The number of likely N-dealkylation sites (N-methyl/N-ethyl adjacent to an activating group) is 1. The summed E-state index contributed by atoms with van der Waals surface area (Å²) >= 11 is 0. The van der Waals surface area contributed by atoms with Gasteiger partial charge in [-0.25, -0.2) is 4.79 Å². The molecule has 1 aromatic carbocycles. The maximum atomic E-state index is 11.7. The molecule has 0 saturated heterocycles. The zero-order chi connectivity index (χ0) is 13.9. The van der Waals surface area contributed by atoms with Crippen LogP contribution in [0.15, 0.2) is 18.2 Å². The summed E-state index contributed by atoms with van der Waals surface area (Å²) < 4.78 is 0. The summed E-state index contributed by atoms with van der Waals surface area (Å²) in [4.78, 5) is 24.0. The van der Waals surface area contributed by atoms with Crippen LogP contribution in [0, 0.1) is 0 Å². The SMILES string of the molecule is CC(Nc1ccc(N)c(C(=O)O)c1)C(=O)N(C)C. The van der Waals surface area contributed by atoms with Crippen molar-refractivity contribution >= 4 is 23.3 Å². The number of anilines is 2. The van der Waals surface area contributed by atoms with Crippen LogP contribution in [0.1, 0.15) is 17.3 Å². The quantitative estimate of drug-likeness (QED) is 0.690. The number of benzene rings is 1. The molecule has 0 aromatic heterocycles. The minimum atomic E-state index is -1.09. The topological polar surface area (TPSA) is 95.7 Å². The fraction of sp³-hybridized carbons (Fsp3) is 0.333. The third kappa shape index (κ3) is 3.13. The molecule has 6 heteroatoms. The molecule has 18 heavy (non-hydrogen) atoms. The Balaban J connectivity index is 2.89. The number of nitrogens with zero attached hydrogens (tertiary/aromatic N) is 1.